The summed E-state index contributed by atoms with van der Waals surface area (Å²) in [5.74, 6) is -1.93. The molecule has 1 rings (SSSR count). The van der Waals surface area contributed by atoms with Gasteiger partial charge in [0.15, 0.2) is 0 Å². The number of carbonyl (C=O) groups is 2. The number of carbonyl (C=O) groups excluding carboxylic acids is 2. The van der Waals surface area contributed by atoms with Crippen LogP contribution in [0.25, 0.3) is 0 Å². The molecule has 0 aliphatic rings. The SMILES string of the molecule is CC(=O)[C@@H](CC(=O)[O-])c1ccccc1. The van der Waals surface area contributed by atoms with Crippen LogP contribution in [0.5, 0.6) is 0 Å². The van der Waals surface area contributed by atoms with Crippen LogP contribution < -0.4 is 5.11 Å². The van der Waals surface area contributed by atoms with E-state index in [-0.39, 0.29) is 12.2 Å². The highest BCUT2D eigenvalue weighted by Gasteiger charge is 2.16. The van der Waals surface area contributed by atoms with Crippen molar-refractivity contribution in [1.29, 1.82) is 0 Å². The van der Waals surface area contributed by atoms with Crippen LogP contribution in [-0.4, -0.2) is 11.8 Å². The van der Waals surface area contributed by atoms with E-state index in [0.717, 1.165) is 5.56 Å². The molecule has 0 aliphatic carbocycles. The summed E-state index contributed by atoms with van der Waals surface area (Å²) in [6.45, 7) is 1.39. The van der Waals surface area contributed by atoms with E-state index < -0.39 is 11.9 Å². The van der Waals surface area contributed by atoms with Gasteiger partial charge in [-0.3, -0.25) is 4.79 Å². The smallest absolute Gasteiger partial charge is 0.137 e. The van der Waals surface area contributed by atoms with E-state index in [4.69, 9.17) is 0 Å². The molecular weight excluding hydrogens is 180 g/mol. The average molecular weight is 191 g/mol. The second-order valence-electron chi connectivity index (χ2n) is 3.15. The van der Waals surface area contributed by atoms with Crippen molar-refractivity contribution in [3.63, 3.8) is 0 Å². The molecule has 0 saturated carbocycles. The molecule has 0 amide bonds. The van der Waals surface area contributed by atoms with Crippen LogP contribution in [0.2, 0.25) is 0 Å². The number of hydrogen-bond donors (Lipinski definition) is 0. The summed E-state index contributed by atoms with van der Waals surface area (Å²) in [7, 11) is 0. The number of Topliss-reactive ketones (excluding diaryl/α,β-unsaturated/α-hetero) is 1. The maximum absolute atomic E-state index is 11.2. The molecule has 0 bridgehead atoms. The number of benzene rings is 1. The zero-order valence-electron chi connectivity index (χ0n) is 7.90. The Morgan fingerprint density at radius 3 is 2.29 bits per heavy atom. The lowest BCUT2D eigenvalue weighted by molar-refractivity contribution is -0.306. The fourth-order valence-electron chi connectivity index (χ4n) is 1.35. The van der Waals surface area contributed by atoms with Crippen LogP contribution in [0.1, 0.15) is 24.8 Å². The first kappa shape index (κ1) is 10.4. The van der Waals surface area contributed by atoms with Gasteiger partial charge in [-0.15, -0.1) is 0 Å². The van der Waals surface area contributed by atoms with Crippen LogP contribution in [0.3, 0.4) is 0 Å². The van der Waals surface area contributed by atoms with E-state index in [9.17, 15) is 14.7 Å². The minimum absolute atomic E-state index is 0.152. The van der Waals surface area contributed by atoms with Gasteiger partial charge in [0.2, 0.25) is 0 Å². The van der Waals surface area contributed by atoms with Crippen molar-refractivity contribution in [1.82, 2.24) is 0 Å². The maximum atomic E-state index is 11.2. The van der Waals surface area contributed by atoms with Crippen molar-refractivity contribution in [2.75, 3.05) is 0 Å². The van der Waals surface area contributed by atoms with Crippen molar-refractivity contribution in [3.8, 4) is 0 Å². The van der Waals surface area contributed by atoms with E-state index in [0.29, 0.717) is 0 Å². The molecule has 0 radical (unpaired) electrons. The van der Waals surface area contributed by atoms with Crippen molar-refractivity contribution in [3.05, 3.63) is 35.9 Å². The fourth-order valence-corrected chi connectivity index (χ4v) is 1.35. The van der Waals surface area contributed by atoms with Gasteiger partial charge in [0.05, 0.1) is 0 Å². The van der Waals surface area contributed by atoms with Gasteiger partial charge >= 0.3 is 0 Å². The molecule has 3 heteroatoms. The molecule has 0 aliphatic heterocycles. The highest BCUT2D eigenvalue weighted by molar-refractivity contribution is 5.87. The third-order valence-corrected chi connectivity index (χ3v) is 2.06. The summed E-state index contributed by atoms with van der Waals surface area (Å²) in [6.07, 6.45) is -0.251. The monoisotopic (exact) mass is 191 g/mol. The predicted octanol–water partition coefficient (Wildman–Crippen LogP) is 0.499. The molecule has 0 N–H and O–H groups in total. The lowest BCUT2D eigenvalue weighted by Crippen LogP contribution is -2.26. The van der Waals surface area contributed by atoms with E-state index in [1.54, 1.807) is 24.3 Å². The Labute approximate surface area is 82.4 Å². The Morgan fingerprint density at radius 1 is 1.29 bits per heavy atom. The van der Waals surface area contributed by atoms with E-state index in [2.05, 4.69) is 0 Å². The van der Waals surface area contributed by atoms with E-state index in [1.165, 1.54) is 6.92 Å². The topological polar surface area (TPSA) is 57.2 Å². The predicted molar refractivity (Wildman–Crippen MR) is 49.5 cm³/mol. The number of carboxylic acid groups (broad SMARTS) is 1. The molecule has 1 aromatic rings. The lowest BCUT2D eigenvalue weighted by Gasteiger charge is -2.14. The summed E-state index contributed by atoms with van der Waals surface area (Å²) < 4.78 is 0. The summed E-state index contributed by atoms with van der Waals surface area (Å²) in [4.78, 5) is 21.6. The molecule has 0 heterocycles. The summed E-state index contributed by atoms with van der Waals surface area (Å²) in [5.41, 5.74) is 0.726. The highest BCUT2D eigenvalue weighted by Crippen LogP contribution is 2.19. The molecule has 0 fully saturated rings. The van der Waals surface area contributed by atoms with Gasteiger partial charge in [-0.1, -0.05) is 30.3 Å². The zero-order chi connectivity index (χ0) is 10.6. The third kappa shape index (κ3) is 2.69. The van der Waals surface area contributed by atoms with Crippen molar-refractivity contribution in [2.45, 2.75) is 19.3 Å². The molecule has 74 valence electrons. The first-order chi connectivity index (χ1) is 6.61. The van der Waals surface area contributed by atoms with Gasteiger partial charge in [-0.25, -0.2) is 0 Å². The molecule has 14 heavy (non-hydrogen) atoms. The number of carboxylic acids is 1. The van der Waals surface area contributed by atoms with Gasteiger partial charge < -0.3 is 9.90 Å². The van der Waals surface area contributed by atoms with Crippen LogP contribution >= 0.6 is 0 Å². The molecular formula is C11H11O3-. The lowest BCUT2D eigenvalue weighted by atomic mass is 9.92. The van der Waals surface area contributed by atoms with Crippen LogP contribution in [0, 0.1) is 0 Å². The van der Waals surface area contributed by atoms with Crippen LogP contribution in [0.15, 0.2) is 30.3 Å². The summed E-state index contributed by atoms with van der Waals surface area (Å²) in [5, 5.41) is 10.4. The van der Waals surface area contributed by atoms with Gasteiger partial charge in [-0.05, 0) is 12.5 Å². The second kappa shape index (κ2) is 4.56. The number of ketones is 1. The van der Waals surface area contributed by atoms with Crippen molar-refractivity contribution >= 4 is 11.8 Å². The van der Waals surface area contributed by atoms with Gasteiger partial charge in [-0.2, -0.15) is 0 Å². The molecule has 3 nitrogen and oxygen atoms in total. The molecule has 0 aromatic heterocycles. The Balaban J connectivity index is 2.89. The maximum Gasteiger partial charge on any atom is 0.137 e. The first-order valence-electron chi connectivity index (χ1n) is 4.36. The number of hydrogen-bond acceptors (Lipinski definition) is 3. The number of rotatable bonds is 4. The Bertz CT molecular complexity index is 330. The fraction of sp³-hybridized carbons (Fsp3) is 0.273. The quantitative estimate of drug-likeness (QED) is 0.696. The van der Waals surface area contributed by atoms with E-state index >= 15 is 0 Å². The molecule has 0 unspecified atom stereocenters. The molecule has 0 spiro atoms. The van der Waals surface area contributed by atoms with Gasteiger partial charge in [0.25, 0.3) is 0 Å². The second-order valence-corrected chi connectivity index (χ2v) is 3.15. The Morgan fingerprint density at radius 2 is 1.86 bits per heavy atom. The van der Waals surface area contributed by atoms with Crippen LogP contribution in [0.4, 0.5) is 0 Å². The van der Waals surface area contributed by atoms with E-state index in [1.807, 2.05) is 6.07 Å². The molecule has 0 saturated heterocycles. The van der Waals surface area contributed by atoms with Crippen molar-refractivity contribution in [2.24, 2.45) is 0 Å². The van der Waals surface area contributed by atoms with Crippen LogP contribution in [-0.2, 0) is 9.59 Å². The minimum Gasteiger partial charge on any atom is -0.550 e. The highest BCUT2D eigenvalue weighted by atomic mass is 16.4. The molecule has 1 aromatic carbocycles. The normalized spacial score (nSPS) is 12.1. The largest absolute Gasteiger partial charge is 0.550 e. The van der Waals surface area contributed by atoms with Gasteiger partial charge in [0, 0.05) is 18.3 Å². The average Bonchev–Trinajstić information content (AvgIpc) is 2.15. The Hall–Kier alpha value is -1.64. The number of aliphatic carboxylic acids is 1. The Kier molecular flexibility index (Phi) is 3.40. The zero-order valence-corrected chi connectivity index (χ0v) is 7.90. The summed E-state index contributed by atoms with van der Waals surface area (Å²) >= 11 is 0. The summed E-state index contributed by atoms with van der Waals surface area (Å²) in [6, 6.07) is 8.87. The molecule has 1 atom stereocenters. The standard InChI is InChI=1S/C11H12O3/c1-8(12)10(7-11(13)14)9-5-3-2-4-6-9/h2-6,10H,7H2,1H3,(H,13,14)/p-1/t10-/m1/s1. The third-order valence-electron chi connectivity index (χ3n) is 2.06. The minimum atomic E-state index is -1.20. The van der Waals surface area contributed by atoms with Crippen molar-refractivity contribution < 1.29 is 14.7 Å². The first-order valence-corrected chi connectivity index (χ1v) is 4.36. The van der Waals surface area contributed by atoms with Gasteiger partial charge in [0.1, 0.15) is 5.78 Å².